The summed E-state index contributed by atoms with van der Waals surface area (Å²) in [6, 6.07) is 6.66. The van der Waals surface area contributed by atoms with Crippen molar-refractivity contribution in [2.75, 3.05) is 12.3 Å². The Kier molecular flexibility index (Phi) is 2.07. The van der Waals surface area contributed by atoms with Crippen LogP contribution in [0.5, 0.6) is 0 Å². The Labute approximate surface area is 80.3 Å². The summed E-state index contributed by atoms with van der Waals surface area (Å²) in [5.74, 6) is 0. The van der Waals surface area contributed by atoms with Gasteiger partial charge in [-0.3, -0.25) is 0 Å². The van der Waals surface area contributed by atoms with Crippen molar-refractivity contribution >= 4 is 21.6 Å². The van der Waals surface area contributed by atoms with Crippen molar-refractivity contribution in [3.63, 3.8) is 0 Å². The van der Waals surface area contributed by atoms with Gasteiger partial charge < -0.3 is 11.1 Å². The fourth-order valence-electron chi connectivity index (χ4n) is 1.33. The van der Waals surface area contributed by atoms with E-state index in [0.717, 1.165) is 16.7 Å². The van der Waals surface area contributed by atoms with Crippen molar-refractivity contribution in [2.45, 2.75) is 12.5 Å². The third-order valence-corrected chi connectivity index (χ3v) is 2.94. The van der Waals surface area contributed by atoms with Crippen molar-refractivity contribution < 1.29 is 0 Å². The first kappa shape index (κ1) is 8.08. The standard InChI is InChI=1S/C9H11BrN2/c10-7-5-6(1-2-8(7)11)9-3-4-12-9/h1-2,5,9,12H,3-4,11H2/t9-/m1/s1. The maximum Gasteiger partial charge on any atom is 0.0458 e. The first-order valence-electron chi connectivity index (χ1n) is 4.05. The molecule has 0 aliphatic carbocycles. The fraction of sp³-hybridized carbons (Fsp3) is 0.333. The van der Waals surface area contributed by atoms with E-state index in [0.29, 0.717) is 6.04 Å². The molecule has 64 valence electrons. The van der Waals surface area contributed by atoms with Crippen LogP contribution in [-0.4, -0.2) is 6.54 Å². The summed E-state index contributed by atoms with van der Waals surface area (Å²) in [4.78, 5) is 0. The number of rotatable bonds is 1. The monoisotopic (exact) mass is 226 g/mol. The molecule has 0 saturated carbocycles. The molecule has 0 amide bonds. The minimum Gasteiger partial charge on any atom is -0.398 e. The van der Waals surface area contributed by atoms with Gasteiger partial charge in [-0.15, -0.1) is 0 Å². The van der Waals surface area contributed by atoms with Gasteiger partial charge in [0.1, 0.15) is 0 Å². The first-order valence-corrected chi connectivity index (χ1v) is 4.85. The largest absolute Gasteiger partial charge is 0.398 e. The number of halogens is 1. The molecule has 1 aromatic carbocycles. The van der Waals surface area contributed by atoms with E-state index in [4.69, 9.17) is 5.73 Å². The maximum absolute atomic E-state index is 5.68. The quantitative estimate of drug-likeness (QED) is 0.720. The van der Waals surface area contributed by atoms with Crippen LogP contribution >= 0.6 is 15.9 Å². The molecule has 1 aromatic rings. The highest BCUT2D eigenvalue weighted by atomic mass is 79.9. The van der Waals surface area contributed by atoms with Gasteiger partial charge >= 0.3 is 0 Å². The number of hydrogen-bond donors (Lipinski definition) is 2. The van der Waals surface area contributed by atoms with Gasteiger partial charge in [0.25, 0.3) is 0 Å². The molecule has 2 nitrogen and oxygen atoms in total. The van der Waals surface area contributed by atoms with Gasteiger partial charge in [0.05, 0.1) is 0 Å². The Balaban J connectivity index is 2.27. The van der Waals surface area contributed by atoms with Crippen LogP contribution in [0.25, 0.3) is 0 Å². The second-order valence-electron chi connectivity index (χ2n) is 3.08. The maximum atomic E-state index is 5.68. The van der Waals surface area contributed by atoms with Crippen LogP contribution in [0.2, 0.25) is 0 Å². The van der Waals surface area contributed by atoms with Crippen LogP contribution in [0.3, 0.4) is 0 Å². The Morgan fingerprint density at radius 1 is 1.50 bits per heavy atom. The van der Waals surface area contributed by atoms with E-state index in [9.17, 15) is 0 Å². The molecule has 1 aliphatic heterocycles. The lowest BCUT2D eigenvalue weighted by atomic mass is 9.98. The lowest BCUT2D eigenvalue weighted by Crippen LogP contribution is -2.34. The highest BCUT2D eigenvalue weighted by Gasteiger charge is 2.18. The van der Waals surface area contributed by atoms with E-state index in [1.54, 1.807) is 0 Å². The summed E-state index contributed by atoms with van der Waals surface area (Å²) >= 11 is 3.41. The van der Waals surface area contributed by atoms with Gasteiger partial charge in [-0.05, 0) is 46.6 Å². The SMILES string of the molecule is Nc1ccc([C@H]2CCN2)cc1Br. The number of nitrogens with two attached hydrogens (primary N) is 1. The van der Waals surface area contributed by atoms with Crippen LogP contribution in [0, 0.1) is 0 Å². The van der Waals surface area contributed by atoms with Gasteiger partial charge in [0, 0.05) is 16.2 Å². The molecule has 3 N–H and O–H groups in total. The second kappa shape index (κ2) is 3.07. The van der Waals surface area contributed by atoms with E-state index in [-0.39, 0.29) is 0 Å². The Morgan fingerprint density at radius 2 is 2.25 bits per heavy atom. The molecule has 0 unspecified atom stereocenters. The third-order valence-electron chi connectivity index (χ3n) is 2.25. The van der Waals surface area contributed by atoms with Gasteiger partial charge in [-0.25, -0.2) is 0 Å². The predicted octanol–water partition coefficient (Wildman–Crippen LogP) is 2.07. The van der Waals surface area contributed by atoms with E-state index in [1.165, 1.54) is 12.0 Å². The molecule has 1 saturated heterocycles. The summed E-state index contributed by atoms with van der Waals surface area (Å²) in [5.41, 5.74) is 7.81. The van der Waals surface area contributed by atoms with Crippen LogP contribution < -0.4 is 11.1 Å². The minimum absolute atomic E-state index is 0.543. The Morgan fingerprint density at radius 3 is 2.75 bits per heavy atom. The van der Waals surface area contributed by atoms with Crippen LogP contribution in [-0.2, 0) is 0 Å². The van der Waals surface area contributed by atoms with Gasteiger partial charge in [0.2, 0.25) is 0 Å². The molecule has 1 aliphatic rings. The van der Waals surface area contributed by atoms with E-state index in [1.807, 2.05) is 6.07 Å². The molecule has 0 aromatic heterocycles. The Bertz CT molecular complexity index is 295. The summed E-state index contributed by atoms with van der Waals surface area (Å²) in [5, 5.41) is 3.35. The summed E-state index contributed by atoms with van der Waals surface area (Å²) in [6.07, 6.45) is 1.23. The fourth-order valence-corrected chi connectivity index (χ4v) is 1.73. The van der Waals surface area contributed by atoms with Crippen molar-refractivity contribution in [1.29, 1.82) is 0 Å². The molecule has 12 heavy (non-hydrogen) atoms. The van der Waals surface area contributed by atoms with Crippen molar-refractivity contribution in [1.82, 2.24) is 5.32 Å². The number of benzene rings is 1. The number of nitrogen functional groups attached to an aromatic ring is 1. The molecule has 2 rings (SSSR count). The molecule has 3 heteroatoms. The van der Waals surface area contributed by atoms with E-state index >= 15 is 0 Å². The first-order chi connectivity index (χ1) is 5.77. The molecule has 0 spiro atoms. The van der Waals surface area contributed by atoms with Gasteiger partial charge in [-0.1, -0.05) is 6.07 Å². The van der Waals surface area contributed by atoms with Crippen molar-refractivity contribution in [3.05, 3.63) is 28.2 Å². The van der Waals surface area contributed by atoms with Crippen molar-refractivity contribution in [3.8, 4) is 0 Å². The highest BCUT2D eigenvalue weighted by Crippen LogP contribution is 2.28. The lowest BCUT2D eigenvalue weighted by molar-refractivity contribution is 0.383. The van der Waals surface area contributed by atoms with Crippen LogP contribution in [0.4, 0.5) is 5.69 Å². The highest BCUT2D eigenvalue weighted by molar-refractivity contribution is 9.10. The zero-order valence-electron chi connectivity index (χ0n) is 6.68. The molecule has 1 fully saturated rings. The second-order valence-corrected chi connectivity index (χ2v) is 3.93. The summed E-state index contributed by atoms with van der Waals surface area (Å²) in [7, 11) is 0. The molecule has 0 bridgehead atoms. The minimum atomic E-state index is 0.543. The average molecular weight is 227 g/mol. The summed E-state index contributed by atoms with van der Waals surface area (Å²) < 4.78 is 0.994. The number of anilines is 1. The molecular formula is C9H11BrN2. The average Bonchev–Trinajstić information content (AvgIpc) is 1.93. The van der Waals surface area contributed by atoms with E-state index in [2.05, 4.69) is 33.4 Å². The smallest absolute Gasteiger partial charge is 0.0458 e. The van der Waals surface area contributed by atoms with Crippen molar-refractivity contribution in [2.24, 2.45) is 0 Å². The van der Waals surface area contributed by atoms with Gasteiger partial charge in [0.15, 0.2) is 0 Å². The Hall–Kier alpha value is -0.540. The van der Waals surface area contributed by atoms with Crippen LogP contribution in [0.1, 0.15) is 18.0 Å². The van der Waals surface area contributed by atoms with E-state index < -0.39 is 0 Å². The zero-order chi connectivity index (χ0) is 8.55. The van der Waals surface area contributed by atoms with Crippen LogP contribution in [0.15, 0.2) is 22.7 Å². The number of nitrogens with one attached hydrogen (secondary N) is 1. The topological polar surface area (TPSA) is 38.0 Å². The molecule has 0 radical (unpaired) electrons. The molecule has 1 atom stereocenters. The zero-order valence-corrected chi connectivity index (χ0v) is 8.26. The summed E-state index contributed by atoms with van der Waals surface area (Å²) in [6.45, 7) is 1.13. The third kappa shape index (κ3) is 1.34. The molecular weight excluding hydrogens is 216 g/mol. The lowest BCUT2D eigenvalue weighted by Gasteiger charge is -2.28. The normalized spacial score (nSPS) is 21.9. The molecule has 1 heterocycles. The predicted molar refractivity (Wildman–Crippen MR) is 53.9 cm³/mol. The van der Waals surface area contributed by atoms with Gasteiger partial charge in [-0.2, -0.15) is 0 Å². The number of hydrogen-bond acceptors (Lipinski definition) is 2.